The maximum absolute atomic E-state index is 10.7. The highest BCUT2D eigenvalue weighted by Gasteiger charge is 2.05. The number of nitrogens with zero attached hydrogens (tertiary/aromatic N) is 2. The third-order valence-electron chi connectivity index (χ3n) is 2.81. The van der Waals surface area contributed by atoms with Crippen molar-refractivity contribution in [2.45, 2.75) is 13.0 Å². The lowest BCUT2D eigenvalue weighted by Crippen LogP contribution is -1.92. The van der Waals surface area contributed by atoms with Crippen LogP contribution in [-0.4, -0.2) is 11.1 Å². The topological polar surface area (TPSA) is 55.5 Å². The average molecular weight is 254 g/mol. The third kappa shape index (κ3) is 3.48. The molecule has 19 heavy (non-hydrogen) atoms. The van der Waals surface area contributed by atoms with Gasteiger partial charge in [-0.05, 0) is 18.1 Å². The van der Waals surface area contributed by atoms with E-state index in [0.29, 0.717) is 0 Å². The molecule has 2 rings (SSSR count). The molecule has 0 bridgehead atoms. The largest absolute Gasteiger partial charge is 0.285 e. The Hall–Kier alpha value is -2.49. The van der Waals surface area contributed by atoms with Crippen molar-refractivity contribution >= 4 is 11.9 Å². The van der Waals surface area contributed by atoms with E-state index in [1.165, 1.54) is 12.1 Å². The molecular weight excluding hydrogens is 240 g/mol. The third-order valence-corrected chi connectivity index (χ3v) is 2.81. The minimum Gasteiger partial charge on any atom is -0.285 e. The van der Waals surface area contributed by atoms with Crippen molar-refractivity contribution in [1.82, 2.24) is 0 Å². The summed E-state index contributed by atoms with van der Waals surface area (Å²) in [5.74, 6) is 0. The molecule has 0 fully saturated rings. The van der Waals surface area contributed by atoms with Gasteiger partial charge in [-0.15, -0.1) is 0 Å². The van der Waals surface area contributed by atoms with Crippen LogP contribution in [0.15, 0.2) is 59.6 Å². The monoisotopic (exact) mass is 254 g/mol. The first kappa shape index (κ1) is 13.0. The fourth-order valence-electron chi connectivity index (χ4n) is 1.73. The number of nitro benzene ring substituents is 1. The van der Waals surface area contributed by atoms with Crippen molar-refractivity contribution < 1.29 is 4.92 Å². The van der Waals surface area contributed by atoms with Gasteiger partial charge in [0.05, 0.1) is 11.0 Å². The van der Waals surface area contributed by atoms with Crippen LogP contribution >= 0.6 is 0 Å². The zero-order valence-electron chi connectivity index (χ0n) is 10.6. The molecule has 1 atom stereocenters. The lowest BCUT2D eigenvalue weighted by Gasteiger charge is -2.05. The summed E-state index contributed by atoms with van der Waals surface area (Å²) in [7, 11) is 0. The maximum Gasteiger partial charge on any atom is 0.270 e. The van der Waals surface area contributed by atoms with E-state index in [4.69, 9.17) is 0 Å². The molecule has 0 heterocycles. The Balaban J connectivity index is 2.14. The van der Waals surface area contributed by atoms with Gasteiger partial charge in [-0.2, -0.15) is 0 Å². The Labute approximate surface area is 111 Å². The van der Waals surface area contributed by atoms with E-state index in [2.05, 4.69) is 4.99 Å². The standard InChI is InChI=1S/C15H14N2O2/c1-12(14-7-3-2-4-8-14)16-11-13-6-5-9-15(10-13)17(18)19/h2-12H,1H3. The lowest BCUT2D eigenvalue weighted by atomic mass is 10.1. The van der Waals surface area contributed by atoms with Gasteiger partial charge in [0.25, 0.3) is 5.69 Å². The first-order valence-electron chi connectivity index (χ1n) is 5.99. The van der Waals surface area contributed by atoms with Gasteiger partial charge >= 0.3 is 0 Å². The summed E-state index contributed by atoms with van der Waals surface area (Å²) in [4.78, 5) is 14.7. The number of non-ortho nitro benzene ring substituents is 1. The van der Waals surface area contributed by atoms with E-state index in [9.17, 15) is 10.1 Å². The molecule has 0 aliphatic rings. The summed E-state index contributed by atoms with van der Waals surface area (Å²) in [6.07, 6.45) is 1.67. The molecule has 2 aromatic carbocycles. The Bertz CT molecular complexity index is 594. The van der Waals surface area contributed by atoms with Gasteiger partial charge in [-0.3, -0.25) is 15.1 Å². The molecule has 0 aliphatic heterocycles. The van der Waals surface area contributed by atoms with Gasteiger partial charge in [0.15, 0.2) is 0 Å². The van der Waals surface area contributed by atoms with E-state index in [1.54, 1.807) is 18.3 Å². The number of nitro groups is 1. The van der Waals surface area contributed by atoms with Crippen LogP contribution in [-0.2, 0) is 0 Å². The van der Waals surface area contributed by atoms with Crippen LogP contribution in [0.5, 0.6) is 0 Å². The molecule has 0 aliphatic carbocycles. The number of aliphatic imine (C=N–C) groups is 1. The molecule has 0 spiro atoms. The minimum atomic E-state index is -0.405. The van der Waals surface area contributed by atoms with E-state index >= 15 is 0 Å². The Morgan fingerprint density at radius 3 is 2.58 bits per heavy atom. The van der Waals surface area contributed by atoms with Gasteiger partial charge in [0.1, 0.15) is 0 Å². The minimum absolute atomic E-state index is 0.0282. The van der Waals surface area contributed by atoms with Gasteiger partial charge in [-0.1, -0.05) is 42.5 Å². The molecular formula is C15H14N2O2. The van der Waals surface area contributed by atoms with Crippen molar-refractivity contribution in [3.05, 3.63) is 75.8 Å². The number of rotatable bonds is 4. The van der Waals surface area contributed by atoms with Crippen molar-refractivity contribution in [2.75, 3.05) is 0 Å². The van der Waals surface area contributed by atoms with Crippen molar-refractivity contribution in [3.8, 4) is 0 Å². The normalized spacial score (nSPS) is 12.5. The van der Waals surface area contributed by atoms with E-state index in [0.717, 1.165) is 11.1 Å². The van der Waals surface area contributed by atoms with E-state index in [1.807, 2.05) is 37.3 Å². The molecule has 0 amide bonds. The Morgan fingerprint density at radius 1 is 1.16 bits per heavy atom. The van der Waals surface area contributed by atoms with Crippen LogP contribution in [0.3, 0.4) is 0 Å². The molecule has 2 aromatic rings. The maximum atomic E-state index is 10.7. The van der Waals surface area contributed by atoms with Crippen LogP contribution in [0, 0.1) is 10.1 Å². The Morgan fingerprint density at radius 2 is 1.89 bits per heavy atom. The highest BCUT2D eigenvalue weighted by Crippen LogP contribution is 2.16. The van der Waals surface area contributed by atoms with Crippen LogP contribution < -0.4 is 0 Å². The average Bonchev–Trinajstić information content (AvgIpc) is 2.46. The van der Waals surface area contributed by atoms with Gasteiger partial charge in [0.2, 0.25) is 0 Å². The Kier molecular flexibility index (Phi) is 4.03. The number of hydrogen-bond acceptors (Lipinski definition) is 3. The molecule has 0 saturated carbocycles. The van der Waals surface area contributed by atoms with Crippen molar-refractivity contribution in [1.29, 1.82) is 0 Å². The second kappa shape index (κ2) is 5.91. The van der Waals surface area contributed by atoms with Crippen molar-refractivity contribution in [3.63, 3.8) is 0 Å². The van der Waals surface area contributed by atoms with Gasteiger partial charge in [0, 0.05) is 18.3 Å². The zero-order valence-corrected chi connectivity index (χ0v) is 10.6. The van der Waals surface area contributed by atoms with Crippen LogP contribution in [0.2, 0.25) is 0 Å². The smallest absolute Gasteiger partial charge is 0.270 e. The molecule has 0 saturated heterocycles. The van der Waals surface area contributed by atoms with Crippen LogP contribution in [0.1, 0.15) is 24.1 Å². The molecule has 0 aromatic heterocycles. The quantitative estimate of drug-likeness (QED) is 0.473. The van der Waals surface area contributed by atoms with Gasteiger partial charge in [-0.25, -0.2) is 0 Å². The summed E-state index contributed by atoms with van der Waals surface area (Å²) in [6.45, 7) is 1.99. The number of benzene rings is 2. The zero-order chi connectivity index (χ0) is 13.7. The number of hydrogen-bond donors (Lipinski definition) is 0. The second-order valence-corrected chi connectivity index (χ2v) is 4.22. The summed E-state index contributed by atoms with van der Waals surface area (Å²) in [5, 5.41) is 10.7. The summed E-state index contributed by atoms with van der Waals surface area (Å²) in [5.41, 5.74) is 1.93. The van der Waals surface area contributed by atoms with Crippen LogP contribution in [0.4, 0.5) is 5.69 Å². The highest BCUT2D eigenvalue weighted by molar-refractivity contribution is 5.80. The second-order valence-electron chi connectivity index (χ2n) is 4.22. The fraction of sp³-hybridized carbons (Fsp3) is 0.133. The van der Waals surface area contributed by atoms with Crippen molar-refractivity contribution in [2.24, 2.45) is 4.99 Å². The van der Waals surface area contributed by atoms with Gasteiger partial charge < -0.3 is 0 Å². The summed E-state index contributed by atoms with van der Waals surface area (Å²) in [6, 6.07) is 16.4. The van der Waals surface area contributed by atoms with E-state index in [-0.39, 0.29) is 11.7 Å². The predicted octanol–water partition coefficient (Wildman–Crippen LogP) is 3.77. The summed E-state index contributed by atoms with van der Waals surface area (Å²) >= 11 is 0. The summed E-state index contributed by atoms with van der Waals surface area (Å²) < 4.78 is 0. The highest BCUT2D eigenvalue weighted by atomic mass is 16.6. The van der Waals surface area contributed by atoms with E-state index < -0.39 is 4.92 Å². The first-order valence-corrected chi connectivity index (χ1v) is 5.99. The molecule has 96 valence electrons. The molecule has 0 N–H and O–H groups in total. The lowest BCUT2D eigenvalue weighted by molar-refractivity contribution is -0.384. The molecule has 4 heteroatoms. The fourth-order valence-corrected chi connectivity index (χ4v) is 1.73. The SMILES string of the molecule is CC(N=Cc1cccc([N+](=O)[O-])c1)c1ccccc1. The predicted molar refractivity (Wildman–Crippen MR) is 75.5 cm³/mol. The molecule has 1 unspecified atom stereocenters. The first-order chi connectivity index (χ1) is 9.16. The molecule has 4 nitrogen and oxygen atoms in total. The van der Waals surface area contributed by atoms with Crippen LogP contribution in [0.25, 0.3) is 0 Å². The molecule has 0 radical (unpaired) electrons.